The van der Waals surface area contributed by atoms with Crippen LogP contribution in [0.25, 0.3) is 17.3 Å². The van der Waals surface area contributed by atoms with Crippen LogP contribution in [0.2, 0.25) is 0 Å². The molecule has 0 spiro atoms. The standard InChI is InChI=1S/C38H37N5O2/c1-28-24-34(41(2)40-28)19-20-37(44)43(26-30-15-17-32(18-16-30)35-14-8-9-22-39-35)36(25-29-10-4-3-5-11-29)38(45)42-23-21-31-12-6-7-13-33(31)27-42/h3-20,22,24,36H,21,23,25-27H2,1-2H3/t36-/m0/s1. The quantitative estimate of drug-likeness (QED) is 0.195. The molecule has 7 nitrogen and oxygen atoms in total. The fourth-order valence-corrected chi connectivity index (χ4v) is 5.95. The molecule has 0 bridgehead atoms. The molecule has 1 aliphatic heterocycles. The number of carbonyl (C=O) groups excluding carboxylic acids is 2. The first-order valence-corrected chi connectivity index (χ1v) is 15.3. The van der Waals surface area contributed by atoms with Crippen LogP contribution in [0, 0.1) is 6.92 Å². The Morgan fingerprint density at radius 3 is 2.33 bits per heavy atom. The van der Waals surface area contributed by atoms with Crippen LogP contribution in [0.4, 0.5) is 0 Å². The van der Waals surface area contributed by atoms with Gasteiger partial charge >= 0.3 is 0 Å². The van der Waals surface area contributed by atoms with E-state index in [9.17, 15) is 9.59 Å². The number of hydrogen-bond donors (Lipinski definition) is 0. The molecular weight excluding hydrogens is 558 g/mol. The van der Waals surface area contributed by atoms with Crippen molar-refractivity contribution in [2.24, 2.45) is 7.05 Å². The molecule has 226 valence electrons. The van der Waals surface area contributed by atoms with E-state index in [0.29, 0.717) is 19.5 Å². The van der Waals surface area contributed by atoms with E-state index in [1.807, 2.05) is 110 Å². The minimum atomic E-state index is -0.696. The van der Waals surface area contributed by atoms with Crippen molar-refractivity contribution in [1.29, 1.82) is 0 Å². The van der Waals surface area contributed by atoms with Crippen molar-refractivity contribution in [2.75, 3.05) is 6.54 Å². The van der Waals surface area contributed by atoms with Crippen molar-refractivity contribution < 1.29 is 9.59 Å². The molecule has 45 heavy (non-hydrogen) atoms. The summed E-state index contributed by atoms with van der Waals surface area (Å²) in [6, 6.07) is 33.4. The van der Waals surface area contributed by atoms with Crippen molar-refractivity contribution in [1.82, 2.24) is 24.6 Å². The van der Waals surface area contributed by atoms with Gasteiger partial charge in [0.1, 0.15) is 6.04 Å². The largest absolute Gasteiger partial charge is 0.336 e. The third-order valence-corrected chi connectivity index (χ3v) is 8.36. The number of carbonyl (C=O) groups is 2. The van der Waals surface area contributed by atoms with E-state index in [4.69, 9.17) is 0 Å². The average Bonchev–Trinajstić information content (AvgIpc) is 3.41. The van der Waals surface area contributed by atoms with Crippen LogP contribution in [-0.2, 0) is 42.6 Å². The zero-order valence-corrected chi connectivity index (χ0v) is 25.7. The molecule has 2 amide bonds. The summed E-state index contributed by atoms with van der Waals surface area (Å²) in [5, 5.41) is 4.41. The lowest BCUT2D eigenvalue weighted by Gasteiger charge is -2.37. The van der Waals surface area contributed by atoms with Gasteiger partial charge in [0.2, 0.25) is 11.8 Å². The minimum Gasteiger partial charge on any atom is -0.336 e. The van der Waals surface area contributed by atoms with Gasteiger partial charge in [-0.25, -0.2) is 0 Å². The summed E-state index contributed by atoms with van der Waals surface area (Å²) in [4.78, 5) is 36.8. The van der Waals surface area contributed by atoms with Gasteiger partial charge in [-0.2, -0.15) is 5.10 Å². The Labute approximate surface area is 264 Å². The number of hydrogen-bond acceptors (Lipinski definition) is 4. The Kier molecular flexibility index (Phi) is 8.96. The molecule has 0 N–H and O–H groups in total. The lowest BCUT2D eigenvalue weighted by Crippen LogP contribution is -2.52. The van der Waals surface area contributed by atoms with E-state index in [-0.39, 0.29) is 18.4 Å². The van der Waals surface area contributed by atoms with Crippen LogP contribution in [0.3, 0.4) is 0 Å². The van der Waals surface area contributed by atoms with E-state index >= 15 is 0 Å². The zero-order chi connectivity index (χ0) is 31.2. The molecule has 2 aromatic heterocycles. The second kappa shape index (κ2) is 13.6. The van der Waals surface area contributed by atoms with Gasteiger partial charge in [-0.1, -0.05) is 84.9 Å². The summed E-state index contributed by atoms with van der Waals surface area (Å²) >= 11 is 0. The van der Waals surface area contributed by atoms with Gasteiger partial charge in [0.25, 0.3) is 0 Å². The number of fused-ring (bicyclic) bond motifs is 1. The van der Waals surface area contributed by atoms with E-state index in [1.54, 1.807) is 27.9 Å². The summed E-state index contributed by atoms with van der Waals surface area (Å²) in [5.74, 6) is -0.272. The summed E-state index contributed by atoms with van der Waals surface area (Å²) in [7, 11) is 1.86. The number of pyridine rings is 1. The van der Waals surface area contributed by atoms with E-state index < -0.39 is 6.04 Å². The number of aromatic nitrogens is 3. The highest BCUT2D eigenvalue weighted by Gasteiger charge is 2.34. The van der Waals surface area contributed by atoms with Crippen molar-refractivity contribution in [3.63, 3.8) is 0 Å². The maximum atomic E-state index is 14.5. The topological polar surface area (TPSA) is 71.3 Å². The van der Waals surface area contributed by atoms with Gasteiger partial charge in [-0.3, -0.25) is 19.3 Å². The summed E-state index contributed by atoms with van der Waals surface area (Å²) in [5.41, 5.74) is 7.93. The Morgan fingerprint density at radius 1 is 0.889 bits per heavy atom. The SMILES string of the molecule is Cc1cc(C=CC(=O)N(Cc2ccc(-c3ccccn3)cc2)[C@@H](Cc2ccccc2)C(=O)N2CCc3ccccc3C2)n(C)n1. The van der Waals surface area contributed by atoms with Crippen LogP contribution in [0.1, 0.15) is 33.6 Å². The number of amides is 2. The normalized spacial score (nSPS) is 13.4. The number of aryl methyl sites for hydroxylation is 2. The highest BCUT2D eigenvalue weighted by molar-refractivity contribution is 5.95. The lowest BCUT2D eigenvalue weighted by molar-refractivity contribution is -0.144. The third-order valence-electron chi connectivity index (χ3n) is 8.36. The Balaban J connectivity index is 1.35. The molecule has 1 atom stereocenters. The summed E-state index contributed by atoms with van der Waals surface area (Å²) in [6.07, 6.45) is 6.32. The Hall–Kier alpha value is -5.30. The molecule has 0 fully saturated rings. The fraction of sp³-hybridized carbons (Fsp3) is 0.211. The van der Waals surface area contributed by atoms with Crippen molar-refractivity contribution in [2.45, 2.75) is 38.9 Å². The minimum absolute atomic E-state index is 0.0448. The van der Waals surface area contributed by atoms with Gasteiger partial charge in [0, 0.05) is 50.9 Å². The highest BCUT2D eigenvalue weighted by Crippen LogP contribution is 2.24. The first-order valence-electron chi connectivity index (χ1n) is 15.3. The molecule has 5 aromatic rings. The van der Waals surface area contributed by atoms with Crippen LogP contribution in [-0.4, -0.2) is 49.0 Å². The van der Waals surface area contributed by atoms with Gasteiger partial charge in [0.15, 0.2) is 0 Å². The van der Waals surface area contributed by atoms with Gasteiger partial charge in [-0.15, -0.1) is 0 Å². The van der Waals surface area contributed by atoms with Crippen molar-refractivity contribution >= 4 is 17.9 Å². The first-order chi connectivity index (χ1) is 21.9. The molecule has 1 aliphatic rings. The molecule has 3 aromatic carbocycles. The van der Waals surface area contributed by atoms with Crippen LogP contribution in [0.5, 0.6) is 0 Å². The predicted molar refractivity (Wildman–Crippen MR) is 177 cm³/mol. The fourth-order valence-electron chi connectivity index (χ4n) is 5.95. The molecule has 6 rings (SSSR count). The molecule has 0 radical (unpaired) electrons. The van der Waals surface area contributed by atoms with E-state index in [2.05, 4.69) is 22.2 Å². The second-order valence-corrected chi connectivity index (χ2v) is 11.5. The van der Waals surface area contributed by atoms with E-state index in [0.717, 1.165) is 45.8 Å². The number of nitrogens with zero attached hydrogens (tertiary/aromatic N) is 5. The number of benzene rings is 3. The second-order valence-electron chi connectivity index (χ2n) is 11.5. The monoisotopic (exact) mass is 595 g/mol. The van der Waals surface area contributed by atoms with Crippen LogP contribution >= 0.6 is 0 Å². The molecule has 7 heteroatoms. The van der Waals surface area contributed by atoms with Gasteiger partial charge in [-0.05, 0) is 59.9 Å². The van der Waals surface area contributed by atoms with E-state index in [1.165, 1.54) is 5.56 Å². The first kappa shape index (κ1) is 29.8. The van der Waals surface area contributed by atoms with Crippen LogP contribution in [0.15, 0.2) is 115 Å². The van der Waals surface area contributed by atoms with Crippen LogP contribution < -0.4 is 0 Å². The van der Waals surface area contributed by atoms with Crippen molar-refractivity contribution in [3.8, 4) is 11.3 Å². The molecular formula is C38H37N5O2. The Morgan fingerprint density at radius 2 is 1.62 bits per heavy atom. The Bertz CT molecular complexity index is 1800. The molecule has 0 aliphatic carbocycles. The summed E-state index contributed by atoms with van der Waals surface area (Å²) in [6.45, 7) is 3.35. The smallest absolute Gasteiger partial charge is 0.247 e. The molecule has 3 heterocycles. The molecule has 0 saturated heterocycles. The zero-order valence-electron chi connectivity index (χ0n) is 25.7. The van der Waals surface area contributed by atoms with Gasteiger partial charge in [0.05, 0.1) is 17.1 Å². The maximum absolute atomic E-state index is 14.5. The van der Waals surface area contributed by atoms with Gasteiger partial charge < -0.3 is 9.80 Å². The molecule has 0 unspecified atom stereocenters. The van der Waals surface area contributed by atoms with Crippen molar-refractivity contribution in [3.05, 3.63) is 149 Å². The average molecular weight is 596 g/mol. The highest BCUT2D eigenvalue weighted by atomic mass is 16.2. The third kappa shape index (κ3) is 7.10. The summed E-state index contributed by atoms with van der Waals surface area (Å²) < 4.78 is 1.75. The lowest BCUT2D eigenvalue weighted by atomic mass is 9.97. The maximum Gasteiger partial charge on any atom is 0.247 e. The predicted octanol–water partition coefficient (Wildman–Crippen LogP) is 6.03. The number of rotatable bonds is 9. The molecule has 0 saturated carbocycles.